The fourth-order valence-electron chi connectivity index (χ4n) is 2.40. The van der Waals surface area contributed by atoms with Crippen molar-refractivity contribution in [3.63, 3.8) is 0 Å². The van der Waals surface area contributed by atoms with Crippen molar-refractivity contribution in [2.24, 2.45) is 0 Å². The lowest BCUT2D eigenvalue weighted by molar-refractivity contribution is 0.863. The van der Waals surface area contributed by atoms with Gasteiger partial charge in [0.1, 0.15) is 5.02 Å². The van der Waals surface area contributed by atoms with Crippen molar-refractivity contribution in [2.75, 3.05) is 17.2 Å². The molecule has 6 heteroatoms. The van der Waals surface area contributed by atoms with Gasteiger partial charge in [-0.1, -0.05) is 35.9 Å². The number of nitrogens with zero attached hydrogens (tertiary/aromatic N) is 2. The first-order valence-corrected chi connectivity index (χ1v) is 8.70. The monoisotopic (exact) mass is 371 g/mol. The average molecular weight is 372 g/mol. The minimum Gasteiger partial charge on any atom is -0.385 e. The third kappa shape index (κ3) is 5.34. The van der Waals surface area contributed by atoms with Crippen molar-refractivity contribution in [2.45, 2.75) is 12.8 Å². The number of aromatic nitrogens is 2. The number of rotatable bonds is 7. The van der Waals surface area contributed by atoms with Crippen molar-refractivity contribution in [3.8, 4) is 0 Å². The molecule has 2 aromatic carbocycles. The summed E-state index contributed by atoms with van der Waals surface area (Å²) < 4.78 is 0. The van der Waals surface area contributed by atoms with Crippen LogP contribution in [0.1, 0.15) is 12.0 Å². The van der Waals surface area contributed by atoms with Crippen molar-refractivity contribution < 1.29 is 0 Å². The van der Waals surface area contributed by atoms with Crippen LogP contribution >= 0.6 is 23.2 Å². The van der Waals surface area contributed by atoms with Crippen molar-refractivity contribution >= 4 is 40.4 Å². The zero-order chi connectivity index (χ0) is 17.5. The highest BCUT2D eigenvalue weighted by Crippen LogP contribution is 2.24. The smallest absolute Gasteiger partial charge is 0.224 e. The van der Waals surface area contributed by atoms with Crippen molar-refractivity contribution in [3.05, 3.63) is 76.7 Å². The summed E-state index contributed by atoms with van der Waals surface area (Å²) in [6, 6.07) is 19.1. The fourth-order valence-corrected chi connectivity index (χ4v) is 2.67. The highest BCUT2D eigenvalue weighted by atomic mass is 35.5. The lowest BCUT2D eigenvalue weighted by atomic mass is 10.1. The van der Waals surface area contributed by atoms with E-state index in [0.29, 0.717) is 10.8 Å². The standard InChI is InChI=1S/C19H17Cl2N4/c20-17-13-23-19(21)25-18(17)24-16-10-4-6-14(12-16)7-5-11-22-15-8-2-1-3-9-15/h1-2,4,6,8-10,12-13,22H,5,7,11H2,(H,23,24,25). The molecule has 0 atom stereocenters. The van der Waals surface area contributed by atoms with Gasteiger partial charge in [0.25, 0.3) is 0 Å². The molecule has 3 rings (SSSR count). The molecule has 0 saturated heterocycles. The molecule has 0 aliphatic carbocycles. The topological polar surface area (TPSA) is 49.8 Å². The Morgan fingerprint density at radius 2 is 1.96 bits per heavy atom. The molecule has 0 amide bonds. The van der Waals surface area contributed by atoms with E-state index in [1.807, 2.05) is 36.4 Å². The summed E-state index contributed by atoms with van der Waals surface area (Å²) in [5, 5.41) is 7.16. The summed E-state index contributed by atoms with van der Waals surface area (Å²) >= 11 is 11.9. The summed E-state index contributed by atoms with van der Waals surface area (Å²) in [6.07, 6.45) is 3.48. The van der Waals surface area contributed by atoms with E-state index in [1.165, 1.54) is 11.8 Å². The summed E-state index contributed by atoms with van der Waals surface area (Å²) in [7, 11) is 0. The molecule has 1 radical (unpaired) electrons. The Morgan fingerprint density at radius 1 is 1.08 bits per heavy atom. The predicted molar refractivity (Wildman–Crippen MR) is 104 cm³/mol. The zero-order valence-electron chi connectivity index (χ0n) is 13.5. The van der Waals surface area contributed by atoms with Gasteiger partial charge in [-0.05, 0) is 60.3 Å². The highest BCUT2D eigenvalue weighted by Gasteiger charge is 2.05. The van der Waals surface area contributed by atoms with Crippen molar-refractivity contribution in [1.29, 1.82) is 0 Å². The third-order valence-corrected chi connectivity index (χ3v) is 4.04. The minimum atomic E-state index is 0.160. The molecule has 25 heavy (non-hydrogen) atoms. The van der Waals surface area contributed by atoms with Crippen LogP contribution in [0.15, 0.2) is 54.7 Å². The predicted octanol–water partition coefficient (Wildman–Crippen LogP) is 5.37. The van der Waals surface area contributed by atoms with Gasteiger partial charge in [0, 0.05) is 17.9 Å². The quantitative estimate of drug-likeness (QED) is 0.432. The first-order chi connectivity index (χ1) is 12.2. The molecule has 2 N–H and O–H groups in total. The van der Waals surface area contributed by atoms with E-state index in [1.54, 1.807) is 0 Å². The van der Waals surface area contributed by atoms with Crippen LogP contribution in [0.25, 0.3) is 0 Å². The van der Waals surface area contributed by atoms with Crippen LogP contribution in [0.3, 0.4) is 0 Å². The van der Waals surface area contributed by atoms with E-state index in [4.69, 9.17) is 23.2 Å². The number of benzene rings is 2. The number of aryl methyl sites for hydroxylation is 1. The van der Waals surface area contributed by atoms with Gasteiger partial charge < -0.3 is 10.6 Å². The Kier molecular flexibility index (Phi) is 6.09. The fraction of sp³-hybridized carbons (Fsp3) is 0.158. The molecule has 0 aliphatic heterocycles. The van der Waals surface area contributed by atoms with Gasteiger partial charge in [-0.2, -0.15) is 4.98 Å². The molecule has 127 valence electrons. The summed E-state index contributed by atoms with van der Waals surface area (Å²) in [5.74, 6) is 0.501. The Balaban J connectivity index is 1.55. The summed E-state index contributed by atoms with van der Waals surface area (Å²) in [5.41, 5.74) is 3.25. The molecule has 0 aliphatic rings. The molecule has 3 aromatic rings. The molecular formula is C19H17Cl2N4. The molecule has 4 nitrogen and oxygen atoms in total. The van der Waals surface area contributed by atoms with Gasteiger partial charge in [0.2, 0.25) is 5.28 Å². The Morgan fingerprint density at radius 3 is 2.80 bits per heavy atom. The van der Waals surface area contributed by atoms with Crippen LogP contribution in [0, 0.1) is 6.07 Å². The normalized spacial score (nSPS) is 10.5. The summed E-state index contributed by atoms with van der Waals surface area (Å²) in [4.78, 5) is 7.95. The van der Waals surface area contributed by atoms with Crippen LogP contribution in [-0.4, -0.2) is 16.5 Å². The number of nitrogens with one attached hydrogen (secondary N) is 2. The lowest BCUT2D eigenvalue weighted by Crippen LogP contribution is -2.03. The SMILES string of the molecule is Clc1ncc(Cl)c(Nc2cccc(CCCNc3c[c]ccc3)c2)n1. The molecule has 1 heterocycles. The van der Waals surface area contributed by atoms with Crippen LogP contribution in [-0.2, 0) is 6.42 Å². The first-order valence-electron chi connectivity index (χ1n) is 7.95. The van der Waals surface area contributed by atoms with Gasteiger partial charge in [0.15, 0.2) is 5.82 Å². The van der Waals surface area contributed by atoms with Gasteiger partial charge in [-0.3, -0.25) is 0 Å². The van der Waals surface area contributed by atoms with Crippen LogP contribution in [0.2, 0.25) is 10.3 Å². The van der Waals surface area contributed by atoms with Gasteiger partial charge in [-0.15, -0.1) is 0 Å². The van der Waals surface area contributed by atoms with Crippen LogP contribution < -0.4 is 10.6 Å². The number of hydrogen-bond donors (Lipinski definition) is 2. The number of anilines is 3. The van der Waals surface area contributed by atoms with Gasteiger partial charge in [-0.25, -0.2) is 4.98 Å². The van der Waals surface area contributed by atoms with E-state index in [2.05, 4.69) is 38.8 Å². The Bertz CT molecular complexity index is 825. The number of halogens is 2. The maximum Gasteiger partial charge on any atom is 0.224 e. The molecule has 0 saturated carbocycles. The maximum absolute atomic E-state index is 6.09. The first kappa shape index (κ1) is 17.5. The highest BCUT2D eigenvalue weighted by molar-refractivity contribution is 6.33. The van der Waals surface area contributed by atoms with E-state index in [-0.39, 0.29) is 5.28 Å². The maximum atomic E-state index is 6.09. The second-order valence-electron chi connectivity index (χ2n) is 5.48. The van der Waals surface area contributed by atoms with E-state index in [0.717, 1.165) is 30.8 Å². The van der Waals surface area contributed by atoms with Crippen LogP contribution in [0.5, 0.6) is 0 Å². The van der Waals surface area contributed by atoms with Crippen LogP contribution in [0.4, 0.5) is 17.2 Å². The lowest BCUT2D eigenvalue weighted by Gasteiger charge is -2.10. The molecule has 0 unspecified atom stereocenters. The average Bonchev–Trinajstić information content (AvgIpc) is 2.63. The van der Waals surface area contributed by atoms with E-state index in [9.17, 15) is 0 Å². The van der Waals surface area contributed by atoms with E-state index >= 15 is 0 Å². The second kappa shape index (κ2) is 8.70. The molecule has 1 aromatic heterocycles. The molecule has 0 spiro atoms. The summed E-state index contributed by atoms with van der Waals surface area (Å²) in [6.45, 7) is 0.906. The largest absolute Gasteiger partial charge is 0.385 e. The molecule has 0 fully saturated rings. The van der Waals surface area contributed by atoms with Crippen molar-refractivity contribution in [1.82, 2.24) is 9.97 Å². The number of hydrogen-bond acceptors (Lipinski definition) is 4. The van der Waals surface area contributed by atoms with Gasteiger partial charge >= 0.3 is 0 Å². The third-order valence-electron chi connectivity index (χ3n) is 3.58. The Labute approximate surface area is 157 Å². The molecule has 0 bridgehead atoms. The second-order valence-corrected chi connectivity index (χ2v) is 6.23. The Hall–Kier alpha value is -2.30. The van der Waals surface area contributed by atoms with E-state index < -0.39 is 0 Å². The molecular weight excluding hydrogens is 355 g/mol. The minimum absolute atomic E-state index is 0.160. The zero-order valence-corrected chi connectivity index (χ0v) is 15.0. The van der Waals surface area contributed by atoms with Gasteiger partial charge in [0.05, 0.1) is 6.20 Å².